The molecule has 5 rings (SSSR count). The van der Waals surface area contributed by atoms with E-state index in [4.69, 9.17) is 21.1 Å². The highest BCUT2D eigenvalue weighted by atomic mass is 35.5. The zero-order valence-corrected chi connectivity index (χ0v) is 27.4. The Morgan fingerprint density at radius 3 is 2.52 bits per heavy atom. The van der Waals surface area contributed by atoms with Crippen LogP contribution in [0.3, 0.4) is 0 Å². The molecule has 0 spiro atoms. The van der Waals surface area contributed by atoms with E-state index in [1.54, 1.807) is 13.1 Å². The van der Waals surface area contributed by atoms with E-state index >= 15 is 0 Å². The quantitative estimate of drug-likeness (QED) is 0.154. The first-order valence-electron chi connectivity index (χ1n) is 13.7. The molecule has 1 aromatic carbocycles. The number of nitriles is 1. The van der Waals surface area contributed by atoms with Crippen LogP contribution in [-0.4, -0.2) is 45.0 Å². The lowest BCUT2D eigenvalue weighted by Gasteiger charge is -2.15. The molecule has 0 saturated carbocycles. The molecule has 0 unspecified atom stereocenters. The summed E-state index contributed by atoms with van der Waals surface area (Å²) < 4.78 is 30.5. The van der Waals surface area contributed by atoms with Gasteiger partial charge >= 0.3 is 11.4 Å². The highest BCUT2D eigenvalue weighted by molar-refractivity contribution is 7.22. The number of benzene rings is 1. The molecule has 0 bridgehead atoms. The van der Waals surface area contributed by atoms with Crippen molar-refractivity contribution in [1.82, 2.24) is 23.3 Å². The Kier molecular flexibility index (Phi) is 8.68. The molecule has 0 amide bonds. The lowest BCUT2D eigenvalue weighted by Crippen LogP contribution is -2.38. The van der Waals surface area contributed by atoms with Crippen molar-refractivity contribution in [3.63, 3.8) is 0 Å². The second-order valence-electron chi connectivity index (χ2n) is 11.4. The van der Waals surface area contributed by atoms with Crippen molar-refractivity contribution in [3.8, 4) is 27.9 Å². The first kappa shape index (κ1) is 31.4. The fourth-order valence-corrected chi connectivity index (χ4v) is 7.11. The van der Waals surface area contributed by atoms with E-state index in [2.05, 4.69) is 24.6 Å². The van der Waals surface area contributed by atoms with Gasteiger partial charge < -0.3 is 9.47 Å². The predicted molar refractivity (Wildman–Crippen MR) is 172 cm³/mol. The highest BCUT2D eigenvalue weighted by Crippen LogP contribution is 2.39. The van der Waals surface area contributed by atoms with Crippen molar-refractivity contribution in [2.75, 3.05) is 13.7 Å². The molecule has 15 heteroatoms. The minimum atomic E-state index is -1.35. The van der Waals surface area contributed by atoms with E-state index in [1.807, 2.05) is 6.07 Å². The van der Waals surface area contributed by atoms with Crippen LogP contribution < -0.4 is 21.7 Å². The van der Waals surface area contributed by atoms with Crippen LogP contribution >= 0.6 is 22.9 Å². The molecule has 0 fully saturated rings. The van der Waals surface area contributed by atoms with Crippen LogP contribution in [0.25, 0.3) is 37.4 Å². The molecule has 0 saturated heterocycles. The number of pyridine rings is 1. The van der Waals surface area contributed by atoms with E-state index in [0.29, 0.717) is 33.6 Å². The van der Waals surface area contributed by atoms with Gasteiger partial charge in [0, 0.05) is 38.7 Å². The molecule has 0 aliphatic rings. The summed E-state index contributed by atoms with van der Waals surface area (Å²) in [5, 5.41) is 9.42. The average Bonchev–Trinajstić information content (AvgIpc) is 3.51. The lowest BCUT2D eigenvalue weighted by molar-refractivity contribution is 0.0873. The van der Waals surface area contributed by atoms with Crippen molar-refractivity contribution in [3.05, 3.63) is 72.8 Å². The van der Waals surface area contributed by atoms with E-state index in [-0.39, 0.29) is 46.5 Å². The van der Waals surface area contributed by atoms with E-state index in [1.165, 1.54) is 39.3 Å². The number of halogens is 2. The van der Waals surface area contributed by atoms with Crippen LogP contribution in [0, 0.1) is 17.1 Å². The smallest absolute Gasteiger partial charge is 0.336 e. The molecule has 0 aliphatic carbocycles. The Bertz CT molecular complexity index is 2140. The number of methoxy groups -OCH3 is 1. The summed E-state index contributed by atoms with van der Waals surface area (Å²) in [4.78, 5) is 46.1. The predicted octanol–water partition coefficient (Wildman–Crippen LogP) is 4.96. The van der Waals surface area contributed by atoms with Gasteiger partial charge in [-0.2, -0.15) is 5.26 Å². The van der Waals surface area contributed by atoms with Gasteiger partial charge in [-0.15, -0.1) is 11.3 Å². The van der Waals surface area contributed by atoms with Crippen LogP contribution in [0.5, 0.6) is 5.75 Å². The molecule has 4 heterocycles. The third-order valence-electron chi connectivity index (χ3n) is 7.26. The minimum absolute atomic E-state index is 0.00294. The largest absolute Gasteiger partial charge is 0.494 e. The van der Waals surface area contributed by atoms with Crippen molar-refractivity contribution >= 4 is 52.3 Å². The van der Waals surface area contributed by atoms with Gasteiger partial charge in [0.15, 0.2) is 11.6 Å². The number of hydrogen-bond donors (Lipinski definition) is 0. The molecular formula is C29H30ClFN6O5SSi. The topological polar surface area (TPSA) is 126 Å². The maximum Gasteiger partial charge on any atom is 0.336 e. The van der Waals surface area contributed by atoms with Crippen molar-refractivity contribution in [2.24, 2.45) is 7.05 Å². The second kappa shape index (κ2) is 12.2. The Hall–Kier alpha value is -4.03. The summed E-state index contributed by atoms with van der Waals surface area (Å²) in [5.41, 5.74) is -0.183. The molecule has 0 radical (unpaired) electrons. The fourth-order valence-electron chi connectivity index (χ4n) is 4.92. The Morgan fingerprint density at radius 1 is 1.09 bits per heavy atom. The fraction of sp³-hybridized carbons (Fsp3) is 0.345. The number of thiophene rings is 1. The number of fused-ring (bicyclic) bond motifs is 2. The molecule has 230 valence electrons. The van der Waals surface area contributed by atoms with Gasteiger partial charge in [-0.3, -0.25) is 23.5 Å². The van der Waals surface area contributed by atoms with Crippen molar-refractivity contribution in [1.29, 1.82) is 5.26 Å². The number of nitrogens with zero attached hydrogens (tertiary/aromatic N) is 6. The summed E-state index contributed by atoms with van der Waals surface area (Å²) >= 11 is 7.44. The maximum absolute atomic E-state index is 14.3. The van der Waals surface area contributed by atoms with Gasteiger partial charge in [-0.05, 0) is 24.2 Å². The number of ether oxygens (including phenoxy) is 2. The van der Waals surface area contributed by atoms with E-state index < -0.39 is 25.1 Å². The van der Waals surface area contributed by atoms with Crippen LogP contribution in [-0.2, 0) is 25.1 Å². The zero-order valence-electron chi connectivity index (χ0n) is 24.8. The lowest BCUT2D eigenvalue weighted by atomic mass is 10.1. The highest BCUT2D eigenvalue weighted by Gasteiger charge is 2.24. The zero-order chi connectivity index (χ0) is 31.9. The monoisotopic (exact) mass is 656 g/mol. The Balaban J connectivity index is 1.72. The molecule has 5 aromatic rings. The van der Waals surface area contributed by atoms with Crippen molar-refractivity contribution < 1.29 is 13.9 Å². The van der Waals surface area contributed by atoms with Crippen LogP contribution in [0.15, 0.2) is 45.0 Å². The molecule has 44 heavy (non-hydrogen) atoms. The average molecular weight is 657 g/mol. The standard InChI is InChI=1S/C29H30ClFN6O5SSi/c1-34-25-21(36(28(34)39)16-42-9-10-44(3,4)5)14-33-15-22(25)37-27(38)26-20(35(29(37)40)8-6-7-32)13-24(43-26)17-11-23(41-2)19(31)12-18(17)30/h11-15H,6,8-10,16H2,1-5H3. The number of imidazole rings is 1. The second-order valence-corrected chi connectivity index (χ2v) is 18.5. The van der Waals surface area contributed by atoms with Gasteiger partial charge in [0.25, 0.3) is 5.56 Å². The van der Waals surface area contributed by atoms with Crippen molar-refractivity contribution in [2.45, 2.75) is 45.4 Å². The summed E-state index contributed by atoms with van der Waals surface area (Å²) in [5.74, 6) is -0.677. The third kappa shape index (κ3) is 5.63. The van der Waals surface area contributed by atoms with Gasteiger partial charge in [0.1, 0.15) is 11.4 Å². The summed E-state index contributed by atoms with van der Waals surface area (Å²) in [6.45, 7) is 7.18. The van der Waals surface area contributed by atoms with E-state index in [0.717, 1.165) is 28.0 Å². The number of rotatable bonds is 10. The summed E-state index contributed by atoms with van der Waals surface area (Å²) in [6, 6.07) is 7.12. The molecule has 0 atom stereocenters. The Labute approximate surface area is 260 Å². The van der Waals surface area contributed by atoms with Gasteiger partial charge in [0.2, 0.25) is 0 Å². The SMILES string of the molecule is COc1cc(-c2cc3c(s2)c(=O)n(-c2cncc4c2n(C)c(=O)n4COCC[Si](C)(C)C)c(=O)n3CCC#N)c(Cl)cc1F. The summed E-state index contributed by atoms with van der Waals surface area (Å²) in [7, 11) is 1.53. The third-order valence-corrected chi connectivity index (χ3v) is 10.4. The maximum atomic E-state index is 14.3. The molecule has 0 aliphatic heterocycles. The first-order chi connectivity index (χ1) is 20.9. The first-order valence-corrected chi connectivity index (χ1v) is 18.6. The summed E-state index contributed by atoms with van der Waals surface area (Å²) in [6.07, 6.45) is 2.85. The Morgan fingerprint density at radius 2 is 1.84 bits per heavy atom. The van der Waals surface area contributed by atoms with E-state index in [9.17, 15) is 24.0 Å². The molecule has 4 aromatic heterocycles. The normalized spacial score (nSPS) is 11.9. The number of hydrogen-bond acceptors (Lipinski definition) is 8. The molecular weight excluding hydrogens is 627 g/mol. The number of aromatic nitrogens is 5. The molecule has 0 N–H and O–H groups in total. The van der Waals surface area contributed by atoms with Gasteiger partial charge in [-0.1, -0.05) is 31.2 Å². The van der Waals surface area contributed by atoms with Crippen LogP contribution in [0.1, 0.15) is 6.42 Å². The van der Waals surface area contributed by atoms with Crippen LogP contribution in [0.2, 0.25) is 30.7 Å². The van der Waals surface area contributed by atoms with Gasteiger partial charge in [-0.25, -0.2) is 18.5 Å². The van der Waals surface area contributed by atoms with Gasteiger partial charge in [0.05, 0.1) is 59.3 Å². The molecule has 11 nitrogen and oxygen atoms in total. The minimum Gasteiger partial charge on any atom is -0.494 e. The van der Waals surface area contributed by atoms with Crippen LogP contribution in [0.4, 0.5) is 4.39 Å². The number of aryl methyl sites for hydroxylation is 2.